The minimum Gasteiger partial charge on any atom is -0.370 e. The summed E-state index contributed by atoms with van der Waals surface area (Å²) in [4.78, 5) is 13.9. The highest BCUT2D eigenvalue weighted by Gasteiger charge is 2.32. The van der Waals surface area contributed by atoms with E-state index in [2.05, 4.69) is 17.4 Å². The Morgan fingerprint density at radius 2 is 1.72 bits per heavy atom. The van der Waals surface area contributed by atoms with Gasteiger partial charge in [0.15, 0.2) is 0 Å². The Hall–Kier alpha value is -2.24. The molecule has 2 aromatic rings. The number of hydrogen-bond donors (Lipinski definition) is 2. The molecule has 0 spiro atoms. The second-order valence-corrected chi connectivity index (χ2v) is 6.40. The summed E-state index contributed by atoms with van der Waals surface area (Å²) in [6.45, 7) is 5.19. The van der Waals surface area contributed by atoms with Crippen molar-refractivity contribution in [3.05, 3.63) is 71.5 Å². The first-order chi connectivity index (χ1) is 12.2. The molecule has 1 aliphatic heterocycles. The average Bonchev–Trinajstić information content (AvgIpc) is 2.64. The van der Waals surface area contributed by atoms with Crippen LogP contribution in [0, 0.1) is 5.82 Å². The second-order valence-electron chi connectivity index (χ2n) is 6.40. The van der Waals surface area contributed by atoms with Gasteiger partial charge >= 0.3 is 0 Å². The molecule has 1 aliphatic rings. The summed E-state index contributed by atoms with van der Waals surface area (Å²) < 4.78 is 19.4. The van der Waals surface area contributed by atoms with Gasteiger partial charge in [0.1, 0.15) is 24.9 Å². The zero-order chi connectivity index (χ0) is 17.6. The number of nitrogens with one attached hydrogen (secondary N) is 2. The lowest BCUT2D eigenvalue weighted by Gasteiger charge is -2.35. The van der Waals surface area contributed by atoms with E-state index in [1.54, 1.807) is 12.1 Å². The standard InChI is InChI=1S/C20H23FN2O2/c1-15(22-20(24)17-9-5-6-10-18(17)21)19(16-7-3-2-4-8-16)23-11-13-25-14-12-23/h2-10,15,19H,11-14H2,1H3,(H,22,24)/p+1/t15-,19-/m0/s1. The number of rotatable bonds is 5. The Labute approximate surface area is 147 Å². The summed E-state index contributed by atoms with van der Waals surface area (Å²) in [6.07, 6.45) is 0. The first kappa shape index (κ1) is 17.6. The highest BCUT2D eigenvalue weighted by Crippen LogP contribution is 2.15. The minimum absolute atomic E-state index is 0.0816. The van der Waals surface area contributed by atoms with Crippen LogP contribution in [0.25, 0.3) is 0 Å². The summed E-state index contributed by atoms with van der Waals surface area (Å²) in [5.41, 5.74) is 1.25. The van der Waals surface area contributed by atoms with E-state index in [-0.39, 0.29) is 23.6 Å². The lowest BCUT2D eigenvalue weighted by atomic mass is 9.97. The monoisotopic (exact) mass is 343 g/mol. The highest BCUT2D eigenvalue weighted by atomic mass is 19.1. The van der Waals surface area contributed by atoms with Crippen LogP contribution in [-0.4, -0.2) is 38.3 Å². The largest absolute Gasteiger partial charge is 0.370 e. The van der Waals surface area contributed by atoms with Gasteiger partial charge in [-0.25, -0.2) is 4.39 Å². The number of amides is 1. The molecule has 5 heteroatoms. The molecule has 0 bridgehead atoms. The molecule has 3 rings (SSSR count). The predicted molar refractivity (Wildman–Crippen MR) is 94.0 cm³/mol. The maximum absolute atomic E-state index is 13.9. The number of carbonyl (C=O) groups excluding carboxylic acids is 1. The van der Waals surface area contributed by atoms with Crippen LogP contribution in [0.15, 0.2) is 54.6 Å². The molecule has 0 aliphatic carbocycles. The Morgan fingerprint density at radius 1 is 1.08 bits per heavy atom. The second kappa shape index (κ2) is 8.23. The van der Waals surface area contributed by atoms with E-state index >= 15 is 0 Å². The van der Waals surface area contributed by atoms with Gasteiger partial charge in [-0.05, 0) is 19.1 Å². The van der Waals surface area contributed by atoms with Crippen molar-refractivity contribution < 1.29 is 18.8 Å². The summed E-state index contributed by atoms with van der Waals surface area (Å²) in [5.74, 6) is -0.874. The summed E-state index contributed by atoms with van der Waals surface area (Å²) in [5, 5.41) is 2.99. The lowest BCUT2D eigenvalue weighted by Crippen LogP contribution is -3.15. The molecule has 1 heterocycles. The molecule has 0 unspecified atom stereocenters. The molecule has 1 saturated heterocycles. The van der Waals surface area contributed by atoms with Gasteiger partial charge in [-0.3, -0.25) is 4.79 Å². The van der Waals surface area contributed by atoms with Crippen molar-refractivity contribution in [1.29, 1.82) is 0 Å². The number of morpholine rings is 1. The van der Waals surface area contributed by atoms with Crippen LogP contribution in [0.2, 0.25) is 0 Å². The third-order valence-electron chi connectivity index (χ3n) is 4.71. The molecular weight excluding hydrogens is 319 g/mol. The number of carbonyl (C=O) groups is 1. The summed E-state index contributed by atoms with van der Waals surface area (Å²) in [6, 6.07) is 16.2. The quantitative estimate of drug-likeness (QED) is 0.866. The number of halogens is 1. The molecule has 2 aromatic carbocycles. The molecule has 0 radical (unpaired) electrons. The minimum atomic E-state index is -0.498. The van der Waals surface area contributed by atoms with E-state index in [0.717, 1.165) is 13.1 Å². The van der Waals surface area contributed by atoms with Gasteiger partial charge in [-0.2, -0.15) is 0 Å². The molecule has 2 N–H and O–H groups in total. The van der Waals surface area contributed by atoms with Gasteiger partial charge in [-0.1, -0.05) is 42.5 Å². The van der Waals surface area contributed by atoms with E-state index in [1.807, 2.05) is 25.1 Å². The number of ether oxygens (including phenoxy) is 1. The molecule has 0 saturated carbocycles. The number of quaternary nitrogens is 1. The first-order valence-corrected chi connectivity index (χ1v) is 8.69. The molecule has 25 heavy (non-hydrogen) atoms. The van der Waals surface area contributed by atoms with Crippen molar-refractivity contribution in [2.45, 2.75) is 19.0 Å². The molecule has 1 fully saturated rings. The van der Waals surface area contributed by atoms with E-state index < -0.39 is 5.82 Å². The Balaban J connectivity index is 1.80. The smallest absolute Gasteiger partial charge is 0.254 e. The fourth-order valence-corrected chi connectivity index (χ4v) is 3.50. The van der Waals surface area contributed by atoms with Crippen LogP contribution in [0.5, 0.6) is 0 Å². The maximum atomic E-state index is 13.9. The summed E-state index contributed by atoms with van der Waals surface area (Å²) >= 11 is 0. The molecule has 2 atom stereocenters. The highest BCUT2D eigenvalue weighted by molar-refractivity contribution is 5.94. The third kappa shape index (κ3) is 4.24. The van der Waals surface area contributed by atoms with Crippen LogP contribution >= 0.6 is 0 Å². The van der Waals surface area contributed by atoms with Gasteiger partial charge in [0.2, 0.25) is 0 Å². The fourth-order valence-electron chi connectivity index (χ4n) is 3.50. The van der Waals surface area contributed by atoms with Crippen LogP contribution in [0.4, 0.5) is 4.39 Å². The maximum Gasteiger partial charge on any atom is 0.254 e. The van der Waals surface area contributed by atoms with Crippen LogP contribution < -0.4 is 10.2 Å². The number of benzene rings is 2. The molecule has 0 aromatic heterocycles. The average molecular weight is 343 g/mol. The molecule has 132 valence electrons. The molecular formula is C20H24FN2O2+. The van der Waals surface area contributed by atoms with Crippen molar-refractivity contribution in [2.24, 2.45) is 0 Å². The zero-order valence-electron chi connectivity index (χ0n) is 14.4. The first-order valence-electron chi connectivity index (χ1n) is 8.69. The predicted octanol–water partition coefficient (Wildman–Crippen LogP) is 1.60. The van der Waals surface area contributed by atoms with E-state index in [4.69, 9.17) is 4.74 Å². The third-order valence-corrected chi connectivity index (χ3v) is 4.71. The van der Waals surface area contributed by atoms with Crippen molar-refractivity contribution in [2.75, 3.05) is 26.3 Å². The van der Waals surface area contributed by atoms with Crippen LogP contribution in [-0.2, 0) is 4.74 Å². The molecule has 4 nitrogen and oxygen atoms in total. The fraction of sp³-hybridized carbons (Fsp3) is 0.350. The Bertz CT molecular complexity index is 702. The topological polar surface area (TPSA) is 42.8 Å². The van der Waals surface area contributed by atoms with Crippen LogP contribution in [0.1, 0.15) is 28.9 Å². The summed E-state index contributed by atoms with van der Waals surface area (Å²) in [7, 11) is 0. The van der Waals surface area contributed by atoms with E-state index in [1.165, 1.54) is 22.6 Å². The van der Waals surface area contributed by atoms with Gasteiger partial charge in [0.25, 0.3) is 5.91 Å². The Morgan fingerprint density at radius 3 is 2.40 bits per heavy atom. The lowest BCUT2D eigenvalue weighted by molar-refractivity contribution is -0.940. The molecule has 1 amide bonds. The zero-order valence-corrected chi connectivity index (χ0v) is 14.4. The van der Waals surface area contributed by atoms with Crippen molar-refractivity contribution in [3.8, 4) is 0 Å². The normalized spacial score (nSPS) is 17.7. The van der Waals surface area contributed by atoms with Gasteiger partial charge in [0.05, 0.1) is 24.8 Å². The van der Waals surface area contributed by atoms with Gasteiger partial charge in [-0.15, -0.1) is 0 Å². The van der Waals surface area contributed by atoms with Crippen molar-refractivity contribution in [3.63, 3.8) is 0 Å². The SMILES string of the molecule is C[C@H](NC(=O)c1ccccc1F)[C@@H](c1ccccc1)[NH+]1CCOCC1. The van der Waals surface area contributed by atoms with Gasteiger partial charge < -0.3 is 15.0 Å². The van der Waals surface area contributed by atoms with Gasteiger partial charge in [0, 0.05) is 5.56 Å². The van der Waals surface area contributed by atoms with Crippen LogP contribution in [0.3, 0.4) is 0 Å². The van der Waals surface area contributed by atoms with Crippen molar-refractivity contribution >= 4 is 5.91 Å². The van der Waals surface area contributed by atoms with E-state index in [0.29, 0.717) is 13.2 Å². The Kier molecular flexibility index (Phi) is 5.79. The van der Waals surface area contributed by atoms with E-state index in [9.17, 15) is 9.18 Å². The number of hydrogen-bond acceptors (Lipinski definition) is 2. The van der Waals surface area contributed by atoms with Crippen molar-refractivity contribution in [1.82, 2.24) is 5.32 Å².